The van der Waals surface area contributed by atoms with Gasteiger partial charge in [-0.05, 0) is 54.8 Å². The van der Waals surface area contributed by atoms with Crippen LogP contribution in [0.5, 0.6) is 11.5 Å². The van der Waals surface area contributed by atoms with Crippen molar-refractivity contribution in [3.63, 3.8) is 0 Å². The van der Waals surface area contributed by atoms with Crippen molar-refractivity contribution in [3.8, 4) is 11.5 Å². The van der Waals surface area contributed by atoms with Gasteiger partial charge in [0.05, 0.1) is 42.7 Å². The summed E-state index contributed by atoms with van der Waals surface area (Å²) >= 11 is 4.85. The number of carbonyl (C=O) groups excluding carboxylic acids is 1. The molecule has 5 rings (SSSR count). The Morgan fingerprint density at radius 1 is 1.05 bits per heavy atom. The van der Waals surface area contributed by atoms with Gasteiger partial charge in [0.15, 0.2) is 16.3 Å². The van der Waals surface area contributed by atoms with Gasteiger partial charge in [0, 0.05) is 10.0 Å². The van der Waals surface area contributed by atoms with Crippen LogP contribution in [0, 0.1) is 6.92 Å². The zero-order valence-corrected chi connectivity index (χ0v) is 24.8. The maximum Gasteiger partial charge on any atom is 0.338 e. The lowest BCUT2D eigenvalue weighted by atomic mass is 9.93. The summed E-state index contributed by atoms with van der Waals surface area (Å²) in [7, 11) is 3.10. The number of methoxy groups -OCH3 is 2. The molecular formula is C31H27BrN2O5S. The lowest BCUT2D eigenvalue weighted by molar-refractivity contribution is -0.138. The van der Waals surface area contributed by atoms with Gasteiger partial charge >= 0.3 is 5.97 Å². The van der Waals surface area contributed by atoms with Gasteiger partial charge < -0.3 is 14.2 Å². The minimum atomic E-state index is -0.808. The van der Waals surface area contributed by atoms with E-state index in [-0.39, 0.29) is 17.7 Å². The molecule has 7 nitrogen and oxygen atoms in total. The van der Waals surface area contributed by atoms with Gasteiger partial charge in [-0.25, -0.2) is 9.79 Å². The second kappa shape index (κ2) is 11.7. The first-order chi connectivity index (χ1) is 19.4. The Bertz CT molecular complexity index is 1810. The Balaban J connectivity index is 1.84. The number of thiazole rings is 1. The number of aromatic nitrogens is 1. The van der Waals surface area contributed by atoms with Crippen LogP contribution in [0.3, 0.4) is 0 Å². The van der Waals surface area contributed by atoms with E-state index in [0.29, 0.717) is 32.1 Å². The summed E-state index contributed by atoms with van der Waals surface area (Å²) < 4.78 is 19.6. The van der Waals surface area contributed by atoms with Crippen LogP contribution in [0.1, 0.15) is 35.2 Å². The number of benzene rings is 3. The van der Waals surface area contributed by atoms with Gasteiger partial charge in [-0.2, -0.15) is 0 Å². The number of fused-ring (bicyclic) bond motifs is 1. The highest BCUT2D eigenvalue weighted by Gasteiger charge is 2.35. The second-order valence-electron chi connectivity index (χ2n) is 9.05. The molecule has 0 bridgehead atoms. The van der Waals surface area contributed by atoms with E-state index < -0.39 is 12.0 Å². The number of hydrogen-bond donors (Lipinski definition) is 0. The molecule has 4 aromatic rings. The number of ether oxygens (including phenoxy) is 3. The van der Waals surface area contributed by atoms with E-state index in [9.17, 15) is 9.59 Å². The van der Waals surface area contributed by atoms with E-state index in [1.165, 1.54) is 11.3 Å². The summed E-state index contributed by atoms with van der Waals surface area (Å²) in [6, 6.07) is 19.9. The SMILES string of the molecule is CCOC(=O)C1=C(c2ccccc2)N=c2s/c(=C\c3ccc(C)c(Br)c3)c(=O)n2[C@H]1c1ccc(OC)c(OC)c1. The lowest BCUT2D eigenvalue weighted by Crippen LogP contribution is -2.40. The van der Waals surface area contributed by atoms with E-state index in [4.69, 9.17) is 19.2 Å². The largest absolute Gasteiger partial charge is 0.493 e. The van der Waals surface area contributed by atoms with Crippen LogP contribution in [-0.4, -0.2) is 31.4 Å². The summed E-state index contributed by atoms with van der Waals surface area (Å²) in [5.41, 5.74) is 3.86. The second-order valence-corrected chi connectivity index (χ2v) is 10.9. The fourth-order valence-electron chi connectivity index (χ4n) is 4.63. The third-order valence-corrected chi connectivity index (χ3v) is 8.43. The maximum absolute atomic E-state index is 14.0. The summed E-state index contributed by atoms with van der Waals surface area (Å²) in [6.45, 7) is 3.93. The van der Waals surface area contributed by atoms with Gasteiger partial charge in [0.1, 0.15) is 0 Å². The van der Waals surface area contributed by atoms with Crippen LogP contribution in [0.25, 0.3) is 11.8 Å². The van der Waals surface area contributed by atoms with Crippen molar-refractivity contribution >= 4 is 45.0 Å². The molecule has 1 aliphatic rings. The Labute approximate surface area is 243 Å². The number of halogens is 1. The predicted octanol–water partition coefficient (Wildman–Crippen LogP) is 5.02. The Morgan fingerprint density at radius 2 is 1.80 bits per heavy atom. The fraction of sp³-hybridized carbons (Fsp3) is 0.194. The molecule has 1 aromatic heterocycles. The molecule has 0 aliphatic carbocycles. The predicted molar refractivity (Wildman–Crippen MR) is 159 cm³/mol. The van der Waals surface area contributed by atoms with Gasteiger partial charge in [-0.15, -0.1) is 0 Å². The normalized spacial score (nSPS) is 14.9. The highest BCUT2D eigenvalue weighted by molar-refractivity contribution is 9.10. The zero-order valence-electron chi connectivity index (χ0n) is 22.4. The molecule has 0 spiro atoms. The van der Waals surface area contributed by atoms with E-state index in [1.807, 2.05) is 67.6 Å². The van der Waals surface area contributed by atoms with Crippen molar-refractivity contribution in [1.82, 2.24) is 4.57 Å². The lowest BCUT2D eigenvalue weighted by Gasteiger charge is -2.26. The number of hydrogen-bond acceptors (Lipinski definition) is 7. The summed E-state index contributed by atoms with van der Waals surface area (Å²) in [6.07, 6.45) is 1.84. The van der Waals surface area contributed by atoms with Crippen LogP contribution >= 0.6 is 27.3 Å². The molecule has 0 fully saturated rings. The molecular weight excluding hydrogens is 592 g/mol. The van der Waals surface area contributed by atoms with Crippen molar-refractivity contribution in [1.29, 1.82) is 0 Å². The van der Waals surface area contributed by atoms with E-state index in [2.05, 4.69) is 15.9 Å². The zero-order chi connectivity index (χ0) is 28.4. The van der Waals surface area contributed by atoms with Crippen LogP contribution in [0.4, 0.5) is 0 Å². The van der Waals surface area contributed by atoms with Gasteiger partial charge in [-0.1, -0.05) is 75.8 Å². The molecule has 0 amide bonds. The minimum absolute atomic E-state index is 0.176. The van der Waals surface area contributed by atoms with Crippen LogP contribution in [0.15, 0.2) is 86.6 Å². The number of aryl methyl sites for hydroxylation is 1. The monoisotopic (exact) mass is 618 g/mol. The Hall–Kier alpha value is -3.95. The third kappa shape index (κ3) is 5.14. The van der Waals surface area contributed by atoms with Crippen LogP contribution in [0.2, 0.25) is 0 Å². The number of nitrogens with zero attached hydrogens (tertiary/aromatic N) is 2. The van der Waals surface area contributed by atoms with Crippen molar-refractivity contribution in [2.24, 2.45) is 4.99 Å². The van der Waals surface area contributed by atoms with E-state index >= 15 is 0 Å². The molecule has 1 aliphatic heterocycles. The van der Waals surface area contributed by atoms with Gasteiger partial charge in [0.2, 0.25) is 0 Å². The first kappa shape index (κ1) is 27.6. The average Bonchev–Trinajstić information content (AvgIpc) is 3.28. The van der Waals surface area contributed by atoms with Crippen molar-refractivity contribution in [2.75, 3.05) is 20.8 Å². The van der Waals surface area contributed by atoms with Crippen LogP contribution < -0.4 is 24.4 Å². The molecule has 204 valence electrons. The minimum Gasteiger partial charge on any atom is -0.493 e. The molecule has 9 heteroatoms. The molecule has 3 aromatic carbocycles. The molecule has 40 heavy (non-hydrogen) atoms. The van der Waals surface area contributed by atoms with E-state index in [0.717, 1.165) is 21.2 Å². The number of esters is 1. The molecule has 1 atom stereocenters. The molecule has 0 saturated carbocycles. The highest BCUT2D eigenvalue weighted by Crippen LogP contribution is 2.38. The first-order valence-electron chi connectivity index (χ1n) is 12.6. The number of rotatable bonds is 7. The van der Waals surface area contributed by atoms with E-state index in [1.54, 1.807) is 37.8 Å². The Morgan fingerprint density at radius 3 is 2.48 bits per heavy atom. The molecule has 0 unspecified atom stereocenters. The average molecular weight is 620 g/mol. The number of carbonyl (C=O) groups is 1. The third-order valence-electron chi connectivity index (χ3n) is 6.59. The maximum atomic E-state index is 14.0. The van der Waals surface area contributed by atoms with Crippen molar-refractivity contribution in [3.05, 3.63) is 119 Å². The highest BCUT2D eigenvalue weighted by atomic mass is 79.9. The molecule has 2 heterocycles. The van der Waals surface area contributed by atoms with Gasteiger partial charge in [-0.3, -0.25) is 9.36 Å². The molecule has 0 saturated heterocycles. The smallest absolute Gasteiger partial charge is 0.338 e. The first-order valence-corrected chi connectivity index (χ1v) is 14.2. The Kier molecular flexibility index (Phi) is 8.04. The molecule has 0 N–H and O–H groups in total. The quantitative estimate of drug-likeness (QED) is 0.272. The van der Waals surface area contributed by atoms with Crippen molar-refractivity contribution in [2.45, 2.75) is 19.9 Å². The van der Waals surface area contributed by atoms with Gasteiger partial charge in [0.25, 0.3) is 5.56 Å². The molecule has 0 radical (unpaired) electrons. The fourth-order valence-corrected chi connectivity index (χ4v) is 6.03. The summed E-state index contributed by atoms with van der Waals surface area (Å²) in [4.78, 5) is 33.0. The standard InChI is InChI=1S/C31H27BrN2O5S/c1-5-39-30(36)26-27(20-9-7-6-8-10-20)33-31-34(28(26)21-13-14-23(37-3)24(17-21)38-4)29(35)25(40-31)16-19-12-11-18(2)22(32)15-19/h6-17,28H,5H2,1-4H3/b25-16-/t28-/m0/s1. The van der Waals surface area contributed by atoms with Crippen LogP contribution in [-0.2, 0) is 9.53 Å². The summed E-state index contributed by atoms with van der Waals surface area (Å²) in [5.74, 6) is 0.475. The summed E-state index contributed by atoms with van der Waals surface area (Å²) in [5, 5.41) is 0. The topological polar surface area (TPSA) is 79.1 Å². The van der Waals surface area contributed by atoms with Crippen molar-refractivity contribution < 1.29 is 19.0 Å².